The lowest BCUT2D eigenvalue weighted by atomic mass is 9.96. The zero-order valence-corrected chi connectivity index (χ0v) is 17.6. The Bertz CT molecular complexity index is 598. The minimum atomic E-state index is 0.788. The van der Waals surface area contributed by atoms with Crippen molar-refractivity contribution in [1.82, 2.24) is 9.88 Å². The van der Waals surface area contributed by atoms with E-state index < -0.39 is 0 Å². The molecule has 1 unspecified atom stereocenters. The second-order valence-electron chi connectivity index (χ2n) is 8.49. The van der Waals surface area contributed by atoms with Gasteiger partial charge >= 0.3 is 0 Å². The fourth-order valence-electron chi connectivity index (χ4n) is 4.00. The zero-order valence-electron chi connectivity index (χ0n) is 17.6. The van der Waals surface area contributed by atoms with Crippen LogP contribution in [0.4, 0.5) is 0 Å². The number of pyridine rings is 1. The number of hydrogen-bond acceptors (Lipinski definition) is 2. The van der Waals surface area contributed by atoms with E-state index in [9.17, 15) is 0 Å². The number of hydrogen-bond donors (Lipinski definition) is 0. The lowest BCUT2D eigenvalue weighted by molar-refractivity contribution is 0.303. The molecule has 1 atom stereocenters. The van der Waals surface area contributed by atoms with Crippen LogP contribution in [0.5, 0.6) is 0 Å². The van der Waals surface area contributed by atoms with E-state index in [0.717, 1.165) is 11.8 Å². The maximum absolute atomic E-state index is 4.12. The molecule has 0 amide bonds. The predicted octanol–water partition coefficient (Wildman–Crippen LogP) is 6.36. The molecule has 0 aliphatic heterocycles. The van der Waals surface area contributed by atoms with Gasteiger partial charge in [-0.3, -0.25) is 4.98 Å². The maximum Gasteiger partial charge on any atom is 0.0273 e. The Balaban J connectivity index is 1.79. The molecule has 144 valence electrons. The Hall–Kier alpha value is -1.41. The summed E-state index contributed by atoms with van der Waals surface area (Å²) in [4.78, 5) is 6.64. The lowest BCUT2D eigenvalue weighted by Gasteiger charge is -2.19. The first-order valence-electron chi connectivity index (χ1n) is 10.4. The summed E-state index contributed by atoms with van der Waals surface area (Å²) in [6.07, 6.45) is 14.1. The molecule has 1 aromatic heterocycles. The molecule has 2 heteroatoms. The molecule has 1 heterocycles. The zero-order chi connectivity index (χ0) is 18.9. The fraction of sp³-hybridized carbons (Fsp3) is 0.625. The Morgan fingerprint density at radius 1 is 1.23 bits per heavy atom. The number of aromatic nitrogens is 1. The van der Waals surface area contributed by atoms with Gasteiger partial charge in [-0.05, 0) is 113 Å². The molecule has 2 nitrogen and oxygen atoms in total. The Labute approximate surface area is 161 Å². The van der Waals surface area contributed by atoms with E-state index in [2.05, 4.69) is 62.8 Å². The summed E-state index contributed by atoms with van der Waals surface area (Å²) in [5.74, 6) is 1.62. The number of rotatable bonds is 10. The summed E-state index contributed by atoms with van der Waals surface area (Å²) < 4.78 is 0. The molecule has 0 bridgehead atoms. The summed E-state index contributed by atoms with van der Waals surface area (Å²) in [7, 11) is 2.28. The van der Waals surface area contributed by atoms with Gasteiger partial charge in [0.1, 0.15) is 0 Å². The molecular weight excluding hydrogens is 316 g/mol. The maximum atomic E-state index is 4.12. The summed E-state index contributed by atoms with van der Waals surface area (Å²) in [6, 6.07) is 4.20. The largest absolute Gasteiger partial charge is 0.306 e. The first kappa shape index (κ1) is 20.9. The molecule has 0 radical (unpaired) electrons. The highest BCUT2D eigenvalue weighted by molar-refractivity contribution is 5.66. The van der Waals surface area contributed by atoms with E-state index in [-0.39, 0.29) is 0 Å². The molecule has 0 fully saturated rings. The minimum Gasteiger partial charge on any atom is -0.306 e. The monoisotopic (exact) mass is 354 g/mol. The first-order valence-corrected chi connectivity index (χ1v) is 10.4. The van der Waals surface area contributed by atoms with E-state index in [0.29, 0.717) is 0 Å². The Kier molecular flexibility index (Phi) is 8.58. The Morgan fingerprint density at radius 3 is 2.62 bits per heavy atom. The number of allylic oxidation sites excluding steroid dienone is 4. The van der Waals surface area contributed by atoms with Crippen molar-refractivity contribution >= 4 is 5.57 Å². The van der Waals surface area contributed by atoms with Crippen molar-refractivity contribution in [1.29, 1.82) is 0 Å². The third kappa shape index (κ3) is 6.72. The fourth-order valence-corrected chi connectivity index (χ4v) is 4.00. The second kappa shape index (κ2) is 10.7. The van der Waals surface area contributed by atoms with Gasteiger partial charge in [0.2, 0.25) is 0 Å². The molecule has 0 spiro atoms. The van der Waals surface area contributed by atoms with Gasteiger partial charge in [-0.25, -0.2) is 0 Å². The molecule has 26 heavy (non-hydrogen) atoms. The molecule has 1 aliphatic rings. The van der Waals surface area contributed by atoms with Crippen LogP contribution in [0, 0.1) is 11.8 Å². The normalized spacial score (nSPS) is 18.4. The van der Waals surface area contributed by atoms with Gasteiger partial charge in [-0.2, -0.15) is 0 Å². The van der Waals surface area contributed by atoms with Gasteiger partial charge in [0, 0.05) is 12.4 Å². The van der Waals surface area contributed by atoms with E-state index in [4.69, 9.17) is 0 Å². The molecule has 1 aliphatic carbocycles. The average molecular weight is 355 g/mol. The molecule has 0 N–H and O–H groups in total. The highest BCUT2D eigenvalue weighted by Gasteiger charge is 2.21. The van der Waals surface area contributed by atoms with Crippen LogP contribution in [0.3, 0.4) is 0 Å². The predicted molar refractivity (Wildman–Crippen MR) is 114 cm³/mol. The Morgan fingerprint density at radius 2 is 1.92 bits per heavy atom. The summed E-state index contributed by atoms with van der Waals surface area (Å²) in [5, 5.41) is 0. The van der Waals surface area contributed by atoms with Crippen LogP contribution in [0.1, 0.15) is 71.8 Å². The van der Waals surface area contributed by atoms with Crippen molar-refractivity contribution in [2.75, 3.05) is 20.1 Å². The van der Waals surface area contributed by atoms with Crippen LogP contribution in [-0.4, -0.2) is 30.0 Å². The van der Waals surface area contributed by atoms with E-state index in [1.54, 1.807) is 11.1 Å². The van der Waals surface area contributed by atoms with Crippen LogP contribution >= 0.6 is 0 Å². The van der Waals surface area contributed by atoms with E-state index in [1.807, 2.05) is 12.4 Å². The average Bonchev–Trinajstić information content (AvgIpc) is 2.95. The van der Waals surface area contributed by atoms with Crippen LogP contribution in [0.15, 0.2) is 41.7 Å². The third-order valence-corrected chi connectivity index (χ3v) is 5.82. The topological polar surface area (TPSA) is 16.1 Å². The molecule has 0 saturated heterocycles. The van der Waals surface area contributed by atoms with Crippen molar-refractivity contribution in [2.45, 2.75) is 66.2 Å². The van der Waals surface area contributed by atoms with Gasteiger partial charge in [0.05, 0.1) is 0 Å². The highest BCUT2D eigenvalue weighted by Crippen LogP contribution is 2.36. The smallest absolute Gasteiger partial charge is 0.0273 e. The van der Waals surface area contributed by atoms with Gasteiger partial charge in [-0.15, -0.1) is 0 Å². The molecule has 0 aromatic carbocycles. The minimum absolute atomic E-state index is 0.788. The van der Waals surface area contributed by atoms with E-state index >= 15 is 0 Å². The third-order valence-electron chi connectivity index (χ3n) is 5.82. The quantitative estimate of drug-likeness (QED) is 0.486. The van der Waals surface area contributed by atoms with Crippen LogP contribution in [-0.2, 0) is 0 Å². The van der Waals surface area contributed by atoms with Crippen molar-refractivity contribution in [2.24, 2.45) is 11.8 Å². The molecule has 0 saturated carbocycles. The second-order valence-corrected chi connectivity index (χ2v) is 8.49. The van der Waals surface area contributed by atoms with Crippen molar-refractivity contribution < 1.29 is 0 Å². The standard InChI is InChI=1S/C24H38N2/c1-19(2)8-6-16-26(5)17-7-9-23-10-11-24(21(23)4)18-20(3)22-12-14-25-15-13-22/h12-15,18-19,23H,6-11,16-17H2,1-5H3/b20-18+. The summed E-state index contributed by atoms with van der Waals surface area (Å²) >= 11 is 0. The highest BCUT2D eigenvalue weighted by atomic mass is 15.1. The van der Waals surface area contributed by atoms with Gasteiger partial charge in [-0.1, -0.05) is 25.5 Å². The van der Waals surface area contributed by atoms with E-state index in [1.165, 1.54) is 62.8 Å². The van der Waals surface area contributed by atoms with Crippen molar-refractivity contribution in [3.63, 3.8) is 0 Å². The van der Waals surface area contributed by atoms with Crippen LogP contribution in [0.2, 0.25) is 0 Å². The molecule has 1 aromatic rings. The van der Waals surface area contributed by atoms with Crippen LogP contribution in [0.25, 0.3) is 5.57 Å². The summed E-state index contributed by atoms with van der Waals surface area (Å²) in [6.45, 7) is 11.7. The first-order chi connectivity index (χ1) is 12.5. The molecule has 2 rings (SSSR count). The molecular formula is C24H38N2. The van der Waals surface area contributed by atoms with Gasteiger partial charge in [0.25, 0.3) is 0 Å². The van der Waals surface area contributed by atoms with Crippen molar-refractivity contribution in [3.8, 4) is 0 Å². The van der Waals surface area contributed by atoms with Crippen molar-refractivity contribution in [3.05, 3.63) is 47.3 Å². The van der Waals surface area contributed by atoms with Gasteiger partial charge in [0.15, 0.2) is 0 Å². The van der Waals surface area contributed by atoms with Crippen LogP contribution < -0.4 is 0 Å². The van der Waals surface area contributed by atoms with Gasteiger partial charge < -0.3 is 4.90 Å². The number of nitrogens with zero attached hydrogens (tertiary/aromatic N) is 2. The summed E-state index contributed by atoms with van der Waals surface area (Å²) in [5.41, 5.74) is 5.83. The lowest BCUT2D eigenvalue weighted by Crippen LogP contribution is -2.21. The SMILES string of the molecule is CC1=C(/C=C(\C)c2ccncc2)CCC1CCCN(C)CCCC(C)C.